The van der Waals surface area contributed by atoms with Crippen molar-refractivity contribution in [2.75, 3.05) is 22.6 Å². The lowest BCUT2D eigenvalue weighted by atomic mass is 9.71. The van der Waals surface area contributed by atoms with Crippen molar-refractivity contribution in [1.29, 1.82) is 0 Å². The van der Waals surface area contributed by atoms with Crippen LogP contribution >= 0.6 is 11.6 Å². The van der Waals surface area contributed by atoms with Gasteiger partial charge in [-0.1, -0.05) is 23.7 Å². The normalized spacial score (nSPS) is 30.8. The summed E-state index contributed by atoms with van der Waals surface area (Å²) in [6, 6.07) is 8.25. The summed E-state index contributed by atoms with van der Waals surface area (Å²) < 4.78 is 42.1. The highest BCUT2D eigenvalue weighted by molar-refractivity contribution is 7.85. The second-order valence-corrected chi connectivity index (χ2v) is 11.7. The van der Waals surface area contributed by atoms with Crippen LogP contribution in [0.5, 0.6) is 0 Å². The smallest absolute Gasteiger partial charge is 0.302 e. The van der Waals surface area contributed by atoms with Crippen LogP contribution in [0.1, 0.15) is 55.7 Å². The van der Waals surface area contributed by atoms with Gasteiger partial charge in [0.25, 0.3) is 0 Å². The Hall–Kier alpha value is -1.84. The fourth-order valence-electron chi connectivity index (χ4n) is 5.79. The molecule has 2 aromatic rings. The first-order valence-electron chi connectivity index (χ1n) is 11.4. The van der Waals surface area contributed by atoms with Gasteiger partial charge in [-0.15, -0.1) is 0 Å². The third-order valence-corrected chi connectivity index (χ3v) is 9.47. The summed E-state index contributed by atoms with van der Waals surface area (Å²) >= 11 is 6.03. The molecule has 2 N–H and O–H groups in total. The van der Waals surface area contributed by atoms with Crippen molar-refractivity contribution in [1.82, 2.24) is 9.97 Å². The van der Waals surface area contributed by atoms with E-state index in [0.29, 0.717) is 10.9 Å². The lowest BCUT2D eigenvalue weighted by Crippen LogP contribution is -2.61. The van der Waals surface area contributed by atoms with E-state index in [1.165, 1.54) is 5.56 Å². The summed E-state index contributed by atoms with van der Waals surface area (Å²) in [4.78, 5) is 11.0. The lowest BCUT2D eigenvalue weighted by Gasteiger charge is -2.55. The number of piperidine rings is 1. The van der Waals surface area contributed by atoms with E-state index >= 15 is 0 Å². The Kier molecular flexibility index (Phi) is 4.98. The van der Waals surface area contributed by atoms with Gasteiger partial charge >= 0.3 is 5.92 Å². The van der Waals surface area contributed by atoms with Crippen LogP contribution in [0.15, 0.2) is 29.2 Å². The molecule has 5 aliphatic rings. The summed E-state index contributed by atoms with van der Waals surface area (Å²) in [5.74, 6) is -3.17. The van der Waals surface area contributed by atoms with Crippen molar-refractivity contribution < 1.29 is 18.1 Å². The molecule has 4 fully saturated rings. The van der Waals surface area contributed by atoms with Gasteiger partial charge in [0.2, 0.25) is 5.95 Å². The number of nitrogens with one attached hydrogen (secondary N) is 1. The summed E-state index contributed by atoms with van der Waals surface area (Å²) in [7, 11) is -1.89. The Morgan fingerprint density at radius 3 is 2.45 bits per heavy atom. The molecule has 2 aliphatic carbocycles. The van der Waals surface area contributed by atoms with Gasteiger partial charge in [-0.25, -0.2) is 4.98 Å². The van der Waals surface area contributed by atoms with Crippen LogP contribution in [0.25, 0.3) is 0 Å². The Balaban J connectivity index is 1.33. The number of hydrogen-bond acceptors (Lipinski definition) is 6. The van der Waals surface area contributed by atoms with Crippen molar-refractivity contribution >= 4 is 34.2 Å². The van der Waals surface area contributed by atoms with E-state index in [4.69, 9.17) is 11.6 Å². The first kappa shape index (κ1) is 21.7. The van der Waals surface area contributed by atoms with Crippen LogP contribution in [0.4, 0.5) is 20.5 Å². The summed E-state index contributed by atoms with van der Waals surface area (Å²) in [5.41, 5.74) is 0.217. The Labute approximate surface area is 198 Å². The molecule has 1 aromatic carbocycles. The Morgan fingerprint density at radius 1 is 1.15 bits per heavy atom. The van der Waals surface area contributed by atoms with Gasteiger partial charge in [0.15, 0.2) is 0 Å². The van der Waals surface area contributed by atoms with Gasteiger partial charge in [-0.2, -0.15) is 13.8 Å². The number of halogens is 3. The molecule has 0 amide bonds. The Bertz CT molecular complexity index is 1110. The molecule has 176 valence electrons. The summed E-state index contributed by atoms with van der Waals surface area (Å²) in [6.07, 6.45) is 5.15. The zero-order valence-electron chi connectivity index (χ0n) is 17.9. The van der Waals surface area contributed by atoms with Gasteiger partial charge in [0, 0.05) is 17.1 Å². The minimum absolute atomic E-state index is 0.00630. The maximum atomic E-state index is 14.8. The number of benzene rings is 1. The van der Waals surface area contributed by atoms with E-state index in [2.05, 4.69) is 32.3 Å². The van der Waals surface area contributed by atoms with Crippen molar-refractivity contribution in [3.05, 3.63) is 40.5 Å². The quantitative estimate of drug-likeness (QED) is 0.649. The van der Waals surface area contributed by atoms with Crippen LogP contribution in [0.3, 0.4) is 0 Å². The van der Waals surface area contributed by atoms with Crippen molar-refractivity contribution in [2.45, 2.75) is 72.9 Å². The second-order valence-electron chi connectivity index (χ2n) is 9.83. The maximum absolute atomic E-state index is 14.8. The first-order valence-corrected chi connectivity index (χ1v) is 13.1. The number of fused-ring (bicyclic) bond motifs is 3. The molecule has 1 aromatic heterocycles. The zero-order valence-corrected chi connectivity index (χ0v) is 19.5. The van der Waals surface area contributed by atoms with E-state index < -0.39 is 33.7 Å². The average Bonchev–Trinajstić information content (AvgIpc) is 2.99. The number of aromatic nitrogens is 2. The van der Waals surface area contributed by atoms with E-state index in [-0.39, 0.29) is 35.4 Å². The van der Waals surface area contributed by atoms with Gasteiger partial charge in [0.05, 0.1) is 28.7 Å². The molecule has 3 atom stereocenters. The molecule has 0 spiro atoms. The molecular formula is C23H25ClF2N4O2S. The maximum Gasteiger partial charge on any atom is 0.302 e. The molecule has 3 unspecified atom stereocenters. The molecule has 7 rings (SSSR count). The van der Waals surface area contributed by atoms with Gasteiger partial charge in [-0.05, 0) is 62.1 Å². The predicted octanol–water partition coefficient (Wildman–Crippen LogP) is 4.19. The molecule has 0 radical (unpaired) electrons. The molecule has 2 bridgehead atoms. The third-order valence-electron chi connectivity index (χ3n) is 7.75. The summed E-state index contributed by atoms with van der Waals surface area (Å²) in [5, 5.41) is 13.8. The SMILES string of the molecule is O=S1CC(F)(F)c2nc(N3C4CC(c5ccc(Cl)cc5)CC3C4)nc(NC3(CO)CCC3)c21. The zero-order chi connectivity index (χ0) is 23.0. The number of aliphatic hydroxyl groups excluding tert-OH is 1. The molecule has 4 heterocycles. The molecule has 33 heavy (non-hydrogen) atoms. The largest absolute Gasteiger partial charge is 0.394 e. The highest BCUT2D eigenvalue weighted by Gasteiger charge is 2.52. The van der Waals surface area contributed by atoms with E-state index in [1.54, 1.807) is 0 Å². The van der Waals surface area contributed by atoms with E-state index in [1.807, 2.05) is 12.1 Å². The Morgan fingerprint density at radius 2 is 1.85 bits per heavy atom. The molecule has 2 saturated carbocycles. The van der Waals surface area contributed by atoms with E-state index in [0.717, 1.165) is 38.5 Å². The van der Waals surface area contributed by atoms with Crippen LogP contribution in [0, 0.1) is 0 Å². The second kappa shape index (κ2) is 7.58. The number of nitrogens with zero attached hydrogens (tertiary/aromatic N) is 3. The highest BCUT2D eigenvalue weighted by Crippen LogP contribution is 2.50. The molecule has 3 aliphatic heterocycles. The number of alkyl halides is 2. The molecule has 2 saturated heterocycles. The number of hydrogen-bond donors (Lipinski definition) is 2. The van der Waals surface area contributed by atoms with Crippen LogP contribution in [-0.2, 0) is 16.7 Å². The molecular weight excluding hydrogens is 470 g/mol. The topological polar surface area (TPSA) is 78.4 Å². The van der Waals surface area contributed by atoms with Gasteiger partial charge in [-0.3, -0.25) is 4.21 Å². The molecule has 6 nitrogen and oxygen atoms in total. The highest BCUT2D eigenvalue weighted by atomic mass is 35.5. The number of anilines is 2. The predicted molar refractivity (Wildman–Crippen MR) is 123 cm³/mol. The minimum atomic E-state index is -3.26. The first-order chi connectivity index (χ1) is 15.8. The van der Waals surface area contributed by atoms with Crippen LogP contribution in [-0.4, -0.2) is 49.3 Å². The standard InChI is InChI=1S/C23H25ClF2N4O2S/c24-15-4-2-13(3-5-15)14-8-16-10-17(9-14)30(16)21-27-19-18(33(32)12-23(19,25)26)20(28-21)29-22(11-31)6-1-7-22/h2-5,14,16-17,31H,1,6-12H2,(H,27,28,29). The number of rotatable bonds is 5. The van der Waals surface area contributed by atoms with Crippen molar-refractivity contribution in [3.8, 4) is 0 Å². The monoisotopic (exact) mass is 494 g/mol. The van der Waals surface area contributed by atoms with Gasteiger partial charge in [0.1, 0.15) is 16.4 Å². The molecule has 10 heteroatoms. The van der Waals surface area contributed by atoms with Crippen LogP contribution < -0.4 is 10.2 Å². The van der Waals surface area contributed by atoms with Crippen LogP contribution in [0.2, 0.25) is 5.02 Å². The lowest BCUT2D eigenvalue weighted by molar-refractivity contribution is 0.0189. The third kappa shape index (κ3) is 3.46. The number of aliphatic hydroxyl groups is 1. The average molecular weight is 495 g/mol. The van der Waals surface area contributed by atoms with E-state index in [9.17, 15) is 18.1 Å². The van der Waals surface area contributed by atoms with Crippen molar-refractivity contribution in [2.24, 2.45) is 0 Å². The minimum Gasteiger partial charge on any atom is -0.394 e. The van der Waals surface area contributed by atoms with Gasteiger partial charge < -0.3 is 15.3 Å². The summed E-state index contributed by atoms with van der Waals surface area (Å²) in [6.45, 7) is -0.123. The fourth-order valence-corrected chi connectivity index (χ4v) is 7.25. The fraction of sp³-hybridized carbons (Fsp3) is 0.565. The van der Waals surface area contributed by atoms with Crippen molar-refractivity contribution in [3.63, 3.8) is 0 Å².